The number of hydrogen-bond acceptors (Lipinski definition) is 1. The molecule has 0 unspecified atom stereocenters. The Morgan fingerprint density at radius 2 is 2.22 bits per heavy atom. The van der Waals surface area contributed by atoms with Crippen LogP contribution in [0.5, 0.6) is 0 Å². The highest BCUT2D eigenvalue weighted by molar-refractivity contribution is 7.17. The van der Waals surface area contributed by atoms with Crippen molar-refractivity contribution in [2.24, 2.45) is 0 Å². The third-order valence-corrected chi connectivity index (χ3v) is 2.14. The van der Waals surface area contributed by atoms with Gasteiger partial charge in [-0.3, -0.25) is 0 Å². The topological polar surface area (TPSA) is 0 Å². The van der Waals surface area contributed by atoms with Crippen LogP contribution < -0.4 is 0 Å². The van der Waals surface area contributed by atoms with Gasteiger partial charge in [-0.1, -0.05) is 23.2 Å². The first-order chi connectivity index (χ1) is 4.33. The van der Waals surface area contributed by atoms with Crippen molar-refractivity contribution in [3.63, 3.8) is 0 Å². The van der Waals surface area contributed by atoms with Gasteiger partial charge < -0.3 is 0 Å². The van der Waals surface area contributed by atoms with Gasteiger partial charge in [0.15, 0.2) is 0 Å². The fraction of sp³-hybridized carbons (Fsp3) is 0. The molecule has 1 aromatic rings. The predicted octanol–water partition coefficient (Wildman–Crippen LogP) is 3.61. The van der Waals surface area contributed by atoms with E-state index in [4.69, 9.17) is 23.2 Å². The molecule has 0 saturated carbocycles. The molecule has 0 fully saturated rings. The van der Waals surface area contributed by atoms with Crippen molar-refractivity contribution in [3.05, 3.63) is 26.9 Å². The lowest BCUT2D eigenvalue weighted by molar-refractivity contribution is 1.96. The highest BCUT2D eigenvalue weighted by Crippen LogP contribution is 2.22. The smallest absolute Gasteiger partial charge is 0.0934 e. The number of thiophene rings is 1. The molecule has 0 aliphatic carbocycles. The summed E-state index contributed by atoms with van der Waals surface area (Å²) >= 11 is 12.5. The monoisotopic (exact) mass is 178 g/mol. The largest absolute Gasteiger partial charge is 0.124 e. The molecule has 0 aliphatic rings. The average Bonchev–Trinajstić information content (AvgIpc) is 2.17. The summed E-state index contributed by atoms with van der Waals surface area (Å²) in [7, 11) is 0. The van der Waals surface area contributed by atoms with E-state index >= 15 is 0 Å². The van der Waals surface area contributed by atoms with E-state index in [-0.39, 0.29) is 0 Å². The fourth-order valence-electron chi connectivity index (χ4n) is 0.480. The lowest BCUT2D eigenvalue weighted by Gasteiger charge is -1.75. The maximum Gasteiger partial charge on any atom is 0.0934 e. The zero-order chi connectivity index (χ0) is 6.69. The fourth-order valence-corrected chi connectivity index (χ4v) is 1.65. The molecule has 0 bridgehead atoms. The molecule has 48 valence electrons. The third kappa shape index (κ3) is 2.01. The quantitative estimate of drug-likeness (QED) is 0.617. The zero-order valence-electron chi connectivity index (χ0n) is 4.47. The van der Waals surface area contributed by atoms with Crippen LogP contribution in [0.2, 0.25) is 4.34 Å². The van der Waals surface area contributed by atoms with Gasteiger partial charge in [-0.25, -0.2) is 0 Å². The minimum atomic E-state index is 0.791. The van der Waals surface area contributed by atoms with Gasteiger partial charge in [0.25, 0.3) is 0 Å². The molecule has 9 heavy (non-hydrogen) atoms. The summed E-state index contributed by atoms with van der Waals surface area (Å²) in [6, 6.07) is 3.77. The number of halogens is 2. The standard InChI is InChI=1S/C6H4Cl2S/c7-4-3-5-1-2-6(8)9-5/h1-4H. The van der Waals surface area contributed by atoms with Crippen LogP contribution in [0, 0.1) is 0 Å². The minimum Gasteiger partial charge on any atom is -0.124 e. The Labute approximate surface area is 67.7 Å². The SMILES string of the molecule is ClC=Cc1ccc(Cl)s1. The second-order valence-corrected chi connectivity index (χ2v) is 3.43. The van der Waals surface area contributed by atoms with E-state index in [0.29, 0.717) is 0 Å². The van der Waals surface area contributed by atoms with E-state index in [0.717, 1.165) is 9.21 Å². The summed E-state index contributed by atoms with van der Waals surface area (Å²) in [6.45, 7) is 0. The molecular weight excluding hydrogens is 175 g/mol. The van der Waals surface area contributed by atoms with Crippen molar-refractivity contribution in [1.29, 1.82) is 0 Å². The van der Waals surface area contributed by atoms with Crippen LogP contribution in [0.1, 0.15) is 4.88 Å². The van der Waals surface area contributed by atoms with Crippen molar-refractivity contribution >= 4 is 40.6 Å². The molecule has 3 heteroatoms. The van der Waals surface area contributed by atoms with Crippen LogP contribution in [0.15, 0.2) is 17.7 Å². The van der Waals surface area contributed by atoms with Crippen LogP contribution in [0.3, 0.4) is 0 Å². The zero-order valence-corrected chi connectivity index (χ0v) is 6.80. The maximum atomic E-state index is 5.64. The third-order valence-electron chi connectivity index (χ3n) is 0.821. The first-order valence-corrected chi connectivity index (χ1v) is 3.98. The Morgan fingerprint density at radius 3 is 2.67 bits per heavy atom. The van der Waals surface area contributed by atoms with Crippen LogP contribution in [0.25, 0.3) is 6.08 Å². The minimum absolute atomic E-state index is 0.791. The Bertz CT molecular complexity index is 215. The molecule has 1 aromatic heterocycles. The molecule has 0 aliphatic heterocycles. The van der Waals surface area contributed by atoms with Crippen molar-refractivity contribution in [2.45, 2.75) is 0 Å². The van der Waals surface area contributed by atoms with E-state index < -0.39 is 0 Å². The van der Waals surface area contributed by atoms with E-state index in [1.807, 2.05) is 12.1 Å². The molecule has 0 amide bonds. The molecule has 0 saturated heterocycles. The highest BCUT2D eigenvalue weighted by atomic mass is 35.5. The molecule has 0 radical (unpaired) electrons. The summed E-state index contributed by atoms with van der Waals surface area (Å²) in [4.78, 5) is 1.08. The second-order valence-electron chi connectivity index (χ2n) is 1.43. The molecule has 0 spiro atoms. The molecule has 0 atom stereocenters. The first-order valence-electron chi connectivity index (χ1n) is 2.35. The molecule has 1 heterocycles. The predicted molar refractivity (Wildman–Crippen MR) is 44.2 cm³/mol. The second kappa shape index (κ2) is 3.25. The van der Waals surface area contributed by atoms with Crippen molar-refractivity contribution in [2.75, 3.05) is 0 Å². The van der Waals surface area contributed by atoms with Gasteiger partial charge in [0.2, 0.25) is 0 Å². The lowest BCUT2D eigenvalue weighted by atomic mass is 10.5. The Hall–Kier alpha value is 0.0200. The highest BCUT2D eigenvalue weighted by Gasteiger charge is 1.90. The van der Waals surface area contributed by atoms with E-state index in [1.54, 1.807) is 6.08 Å². The average molecular weight is 179 g/mol. The summed E-state index contributed by atoms with van der Waals surface area (Å²) in [5.74, 6) is 0. The van der Waals surface area contributed by atoms with Gasteiger partial charge in [-0.05, 0) is 18.2 Å². The normalized spacial score (nSPS) is 10.9. The van der Waals surface area contributed by atoms with Crippen LogP contribution in [-0.4, -0.2) is 0 Å². The number of hydrogen-bond donors (Lipinski definition) is 0. The van der Waals surface area contributed by atoms with Crippen LogP contribution >= 0.6 is 34.5 Å². The molecular formula is C6H4Cl2S. The van der Waals surface area contributed by atoms with Gasteiger partial charge >= 0.3 is 0 Å². The van der Waals surface area contributed by atoms with Crippen LogP contribution in [0.4, 0.5) is 0 Å². The van der Waals surface area contributed by atoms with Gasteiger partial charge in [-0.2, -0.15) is 0 Å². The molecule has 1 rings (SSSR count). The van der Waals surface area contributed by atoms with Gasteiger partial charge in [0.05, 0.1) is 4.34 Å². The van der Waals surface area contributed by atoms with E-state index in [9.17, 15) is 0 Å². The first kappa shape index (κ1) is 7.13. The van der Waals surface area contributed by atoms with Gasteiger partial charge in [0, 0.05) is 10.4 Å². The molecule has 0 N–H and O–H groups in total. The Kier molecular flexibility index (Phi) is 2.58. The van der Waals surface area contributed by atoms with E-state index in [1.165, 1.54) is 16.9 Å². The van der Waals surface area contributed by atoms with E-state index in [2.05, 4.69) is 0 Å². The summed E-state index contributed by atoms with van der Waals surface area (Å²) < 4.78 is 0.791. The van der Waals surface area contributed by atoms with Crippen LogP contribution in [-0.2, 0) is 0 Å². The van der Waals surface area contributed by atoms with Crippen molar-refractivity contribution in [3.8, 4) is 0 Å². The van der Waals surface area contributed by atoms with Crippen molar-refractivity contribution in [1.82, 2.24) is 0 Å². The molecule has 0 nitrogen and oxygen atoms in total. The summed E-state index contributed by atoms with van der Waals surface area (Å²) in [5.41, 5.74) is 1.47. The summed E-state index contributed by atoms with van der Waals surface area (Å²) in [5, 5.41) is 0. The lowest BCUT2D eigenvalue weighted by Crippen LogP contribution is -1.48. The number of rotatable bonds is 1. The Morgan fingerprint density at radius 1 is 1.44 bits per heavy atom. The Balaban J connectivity index is 2.85. The van der Waals surface area contributed by atoms with Gasteiger partial charge in [0.1, 0.15) is 0 Å². The molecule has 0 aromatic carbocycles. The maximum absolute atomic E-state index is 5.64. The van der Waals surface area contributed by atoms with Crippen molar-refractivity contribution < 1.29 is 0 Å². The summed E-state index contributed by atoms with van der Waals surface area (Å²) in [6.07, 6.45) is 1.80. The van der Waals surface area contributed by atoms with Gasteiger partial charge in [-0.15, -0.1) is 11.3 Å².